The Bertz CT molecular complexity index is 472. The molecule has 0 atom stereocenters. The van der Waals surface area contributed by atoms with E-state index in [1.165, 1.54) is 0 Å². The predicted molar refractivity (Wildman–Crippen MR) is 74.8 cm³/mol. The molecule has 0 radical (unpaired) electrons. The first kappa shape index (κ1) is 14.4. The zero-order valence-corrected chi connectivity index (χ0v) is 12.1. The lowest BCUT2D eigenvalue weighted by Crippen LogP contribution is -2.32. The average molecular weight is 303 g/mol. The van der Waals surface area contributed by atoms with Crippen LogP contribution in [0.4, 0.5) is 5.82 Å². The van der Waals surface area contributed by atoms with Gasteiger partial charge in [0.1, 0.15) is 5.82 Å². The minimum atomic E-state index is -0.108. The summed E-state index contributed by atoms with van der Waals surface area (Å²) in [7, 11) is 1.59. The van der Waals surface area contributed by atoms with Gasteiger partial charge in [0.25, 0.3) is 0 Å². The second kappa shape index (κ2) is 6.93. The van der Waals surface area contributed by atoms with Gasteiger partial charge in [0, 0.05) is 25.8 Å². The first-order chi connectivity index (χ1) is 9.20. The number of carbonyl (C=O) groups excluding carboxylic acids is 1. The predicted octanol–water partition coefficient (Wildman–Crippen LogP) is 0.953. The number of hydrogen-bond donors (Lipinski definition) is 2. The fraction of sp³-hybridized carbons (Fsp3) is 0.545. The van der Waals surface area contributed by atoms with Crippen LogP contribution in [-0.2, 0) is 16.0 Å². The van der Waals surface area contributed by atoms with Crippen LogP contribution in [-0.4, -0.2) is 48.4 Å². The van der Waals surface area contributed by atoms with Gasteiger partial charge in [0.15, 0.2) is 0 Å². The highest BCUT2D eigenvalue weighted by Gasteiger charge is 2.19. The first-order valence-electron chi connectivity index (χ1n) is 5.89. The number of fused-ring (bicyclic) bond motifs is 1. The maximum Gasteiger partial charge on any atom is 0.239 e. The number of hydrogen-bond acceptors (Lipinski definition) is 6. The monoisotopic (exact) mass is 302 g/mol. The number of amides is 1. The van der Waals surface area contributed by atoms with Crippen molar-refractivity contribution in [3.8, 4) is 0 Å². The lowest BCUT2D eigenvalue weighted by molar-refractivity contribution is -0.119. The van der Waals surface area contributed by atoms with Crippen molar-refractivity contribution in [1.82, 2.24) is 15.3 Å². The number of nitrogens with one attached hydrogen (secondary N) is 2. The molecule has 0 bridgehead atoms. The lowest BCUT2D eigenvalue weighted by Gasteiger charge is -2.10. The van der Waals surface area contributed by atoms with E-state index in [0.717, 1.165) is 22.8 Å². The highest BCUT2D eigenvalue weighted by Crippen LogP contribution is 2.35. The average Bonchev–Trinajstić information content (AvgIpc) is 2.84. The minimum Gasteiger partial charge on any atom is -0.383 e. The summed E-state index contributed by atoms with van der Waals surface area (Å²) in [6.45, 7) is 1.15. The third-order valence-electron chi connectivity index (χ3n) is 2.54. The summed E-state index contributed by atoms with van der Waals surface area (Å²) < 4.78 is 4.85. The second-order valence-corrected chi connectivity index (χ2v) is 5.36. The van der Waals surface area contributed by atoms with E-state index in [9.17, 15) is 4.79 Å². The third kappa shape index (κ3) is 3.95. The van der Waals surface area contributed by atoms with Gasteiger partial charge in [-0.15, -0.1) is 11.8 Å². The van der Waals surface area contributed by atoms with Crippen LogP contribution in [0.5, 0.6) is 0 Å². The number of carbonyl (C=O) groups is 1. The molecule has 2 heterocycles. The Morgan fingerprint density at radius 2 is 2.37 bits per heavy atom. The van der Waals surface area contributed by atoms with Gasteiger partial charge >= 0.3 is 0 Å². The van der Waals surface area contributed by atoms with Gasteiger partial charge < -0.3 is 15.4 Å². The number of rotatable bonds is 6. The summed E-state index contributed by atoms with van der Waals surface area (Å²) in [5.41, 5.74) is 0.951. The van der Waals surface area contributed by atoms with Crippen LogP contribution in [0.25, 0.3) is 0 Å². The Morgan fingerprint density at radius 3 is 3.16 bits per heavy atom. The van der Waals surface area contributed by atoms with Gasteiger partial charge in [-0.3, -0.25) is 4.79 Å². The lowest BCUT2D eigenvalue weighted by atomic mass is 10.3. The van der Waals surface area contributed by atoms with Crippen molar-refractivity contribution in [2.75, 3.05) is 37.9 Å². The number of aryl methyl sites for hydroxylation is 1. The molecule has 0 saturated heterocycles. The number of anilines is 1. The van der Waals surface area contributed by atoms with E-state index in [0.29, 0.717) is 19.0 Å². The normalized spacial score (nSPS) is 13.2. The molecule has 1 aliphatic heterocycles. The van der Waals surface area contributed by atoms with Crippen molar-refractivity contribution < 1.29 is 9.53 Å². The van der Waals surface area contributed by atoms with E-state index in [1.54, 1.807) is 18.9 Å². The van der Waals surface area contributed by atoms with Crippen molar-refractivity contribution in [2.24, 2.45) is 0 Å². The molecule has 2 N–H and O–H groups in total. The summed E-state index contributed by atoms with van der Waals surface area (Å²) in [5, 5.41) is 5.94. The molecule has 1 amide bonds. The number of nitrogens with zero attached hydrogens (tertiary/aromatic N) is 2. The number of ether oxygens (including phenoxy) is 1. The quantitative estimate of drug-likeness (QED) is 0.602. The Kier molecular flexibility index (Phi) is 5.24. The number of halogens is 1. The molecule has 6 nitrogen and oxygen atoms in total. The number of methoxy groups -OCH3 is 1. The topological polar surface area (TPSA) is 76.1 Å². The fourth-order valence-corrected chi connectivity index (χ4v) is 2.93. The Morgan fingerprint density at radius 1 is 1.53 bits per heavy atom. The maximum absolute atomic E-state index is 11.6. The zero-order valence-electron chi connectivity index (χ0n) is 10.5. The molecule has 19 heavy (non-hydrogen) atoms. The first-order valence-corrected chi connectivity index (χ1v) is 7.26. The molecule has 0 aromatic carbocycles. The zero-order chi connectivity index (χ0) is 13.7. The van der Waals surface area contributed by atoms with Crippen molar-refractivity contribution >= 4 is 35.1 Å². The van der Waals surface area contributed by atoms with Crippen LogP contribution in [0.3, 0.4) is 0 Å². The van der Waals surface area contributed by atoms with Gasteiger partial charge in [-0.25, -0.2) is 4.98 Å². The Labute approximate surface area is 120 Å². The summed E-state index contributed by atoms with van der Waals surface area (Å²) in [6, 6.07) is 0. The summed E-state index contributed by atoms with van der Waals surface area (Å²) in [6.07, 6.45) is 0.886. The van der Waals surface area contributed by atoms with E-state index >= 15 is 0 Å². The van der Waals surface area contributed by atoms with E-state index < -0.39 is 0 Å². The molecule has 1 aliphatic rings. The van der Waals surface area contributed by atoms with Crippen molar-refractivity contribution in [3.05, 3.63) is 11.0 Å². The van der Waals surface area contributed by atoms with Gasteiger partial charge in [0.2, 0.25) is 11.2 Å². The second-order valence-electron chi connectivity index (χ2n) is 3.91. The van der Waals surface area contributed by atoms with Gasteiger partial charge in [-0.2, -0.15) is 4.98 Å². The van der Waals surface area contributed by atoms with Crippen LogP contribution in [0.15, 0.2) is 4.90 Å². The van der Waals surface area contributed by atoms with Crippen molar-refractivity contribution in [2.45, 2.75) is 11.3 Å². The molecule has 0 aliphatic carbocycles. The molecular formula is C11H15ClN4O2S. The molecule has 8 heteroatoms. The minimum absolute atomic E-state index is 0.108. The molecular weight excluding hydrogens is 288 g/mol. The largest absolute Gasteiger partial charge is 0.383 e. The van der Waals surface area contributed by atoms with Gasteiger partial charge in [0.05, 0.1) is 23.7 Å². The van der Waals surface area contributed by atoms with E-state index in [2.05, 4.69) is 20.6 Å². The molecule has 104 valence electrons. The van der Waals surface area contributed by atoms with Crippen molar-refractivity contribution in [3.63, 3.8) is 0 Å². The summed E-state index contributed by atoms with van der Waals surface area (Å²) in [5.74, 6) is 1.50. The fourth-order valence-electron chi connectivity index (χ4n) is 1.68. The van der Waals surface area contributed by atoms with Gasteiger partial charge in [-0.05, 0) is 11.6 Å². The molecule has 0 saturated carbocycles. The van der Waals surface area contributed by atoms with Gasteiger partial charge in [-0.1, -0.05) is 0 Å². The summed E-state index contributed by atoms with van der Waals surface area (Å²) in [4.78, 5) is 20.9. The van der Waals surface area contributed by atoms with E-state index in [-0.39, 0.29) is 17.7 Å². The number of aromatic nitrogens is 2. The Hall–Kier alpha value is -1.05. The van der Waals surface area contributed by atoms with Crippen molar-refractivity contribution in [1.29, 1.82) is 0 Å². The summed E-state index contributed by atoms with van der Waals surface area (Å²) >= 11 is 7.54. The molecule has 0 fully saturated rings. The van der Waals surface area contributed by atoms with Crippen LogP contribution >= 0.6 is 23.4 Å². The third-order valence-corrected chi connectivity index (χ3v) is 3.83. The standard InChI is InChI=1S/C11H15ClN4O2S/c1-18-4-3-13-8(17)6-14-10-9-7(2-5-19-9)15-11(12)16-10/h2-6H2,1H3,(H,13,17)(H,14,15,16). The highest BCUT2D eigenvalue weighted by atomic mass is 35.5. The van der Waals surface area contributed by atoms with Crippen LogP contribution < -0.4 is 10.6 Å². The number of thioether (sulfide) groups is 1. The van der Waals surface area contributed by atoms with E-state index in [4.69, 9.17) is 16.3 Å². The Balaban J connectivity index is 1.91. The van der Waals surface area contributed by atoms with Crippen LogP contribution in [0.1, 0.15) is 5.69 Å². The molecule has 1 aromatic heterocycles. The highest BCUT2D eigenvalue weighted by molar-refractivity contribution is 7.99. The molecule has 0 spiro atoms. The van der Waals surface area contributed by atoms with Crippen LogP contribution in [0, 0.1) is 0 Å². The molecule has 1 aromatic rings. The smallest absolute Gasteiger partial charge is 0.239 e. The maximum atomic E-state index is 11.6. The molecule has 2 rings (SSSR count). The molecule has 0 unspecified atom stereocenters. The van der Waals surface area contributed by atoms with E-state index in [1.807, 2.05) is 0 Å². The van der Waals surface area contributed by atoms with Crippen LogP contribution in [0.2, 0.25) is 5.28 Å². The SMILES string of the molecule is COCCNC(=O)CNc1nc(Cl)nc2c1SCC2.